The van der Waals surface area contributed by atoms with Crippen LogP contribution in [0, 0.1) is 6.92 Å². The Hall–Kier alpha value is -3.46. The first-order valence-corrected chi connectivity index (χ1v) is 10.4. The van der Waals surface area contributed by atoms with E-state index in [0.29, 0.717) is 23.5 Å². The monoisotopic (exact) mass is 407 g/mol. The number of carbonyl (C=O) groups is 1. The van der Waals surface area contributed by atoms with Crippen LogP contribution in [0.2, 0.25) is 0 Å². The second-order valence-corrected chi connectivity index (χ2v) is 8.44. The van der Waals surface area contributed by atoms with Gasteiger partial charge in [-0.2, -0.15) is 0 Å². The van der Waals surface area contributed by atoms with Gasteiger partial charge in [-0.25, -0.2) is 23.4 Å². The molecule has 4 rings (SSSR count). The van der Waals surface area contributed by atoms with Gasteiger partial charge in [0.1, 0.15) is 0 Å². The fourth-order valence-electron chi connectivity index (χ4n) is 2.89. The lowest BCUT2D eigenvalue weighted by molar-refractivity contribution is 0.0982. The SMILES string of the molecule is Cc1cncc(S(=O)(=O)c2ccc(CCC(=O)c3cnc4nccn4c3)cc2)n1. The molecule has 4 aromatic rings. The van der Waals surface area contributed by atoms with Crippen molar-refractivity contribution < 1.29 is 13.2 Å². The van der Waals surface area contributed by atoms with Crippen LogP contribution in [-0.2, 0) is 16.3 Å². The maximum Gasteiger partial charge on any atom is 0.233 e. The number of aromatic nitrogens is 5. The molecular formula is C20H17N5O3S. The average molecular weight is 407 g/mol. The number of aryl methyl sites for hydroxylation is 2. The number of ketones is 1. The molecule has 0 radical (unpaired) electrons. The summed E-state index contributed by atoms with van der Waals surface area (Å²) in [5.41, 5.74) is 1.90. The molecule has 0 atom stereocenters. The van der Waals surface area contributed by atoms with Crippen molar-refractivity contribution in [3.05, 3.63) is 78.3 Å². The molecule has 8 nitrogen and oxygen atoms in total. The Labute approximate surface area is 167 Å². The lowest BCUT2D eigenvalue weighted by Crippen LogP contribution is -2.06. The van der Waals surface area contributed by atoms with Crippen LogP contribution in [0.4, 0.5) is 0 Å². The molecule has 0 bridgehead atoms. The van der Waals surface area contributed by atoms with Gasteiger partial charge >= 0.3 is 0 Å². The van der Waals surface area contributed by atoms with Gasteiger partial charge in [0.05, 0.1) is 22.3 Å². The van der Waals surface area contributed by atoms with Gasteiger partial charge in [0.15, 0.2) is 10.8 Å². The molecule has 0 spiro atoms. The van der Waals surface area contributed by atoms with E-state index in [1.807, 2.05) is 0 Å². The molecule has 0 saturated heterocycles. The van der Waals surface area contributed by atoms with E-state index in [4.69, 9.17) is 0 Å². The summed E-state index contributed by atoms with van der Waals surface area (Å²) in [7, 11) is -3.73. The van der Waals surface area contributed by atoms with Crippen molar-refractivity contribution in [2.75, 3.05) is 0 Å². The van der Waals surface area contributed by atoms with Crippen molar-refractivity contribution in [3.63, 3.8) is 0 Å². The molecule has 1 aromatic carbocycles. The molecule has 0 aliphatic rings. The van der Waals surface area contributed by atoms with Gasteiger partial charge in [-0.15, -0.1) is 0 Å². The van der Waals surface area contributed by atoms with E-state index >= 15 is 0 Å². The van der Waals surface area contributed by atoms with Gasteiger partial charge in [0.2, 0.25) is 15.6 Å². The number of hydrogen-bond acceptors (Lipinski definition) is 7. The Bertz CT molecular complexity index is 1300. The summed E-state index contributed by atoms with van der Waals surface area (Å²) >= 11 is 0. The van der Waals surface area contributed by atoms with Crippen molar-refractivity contribution in [3.8, 4) is 0 Å². The highest BCUT2D eigenvalue weighted by Gasteiger charge is 2.19. The van der Waals surface area contributed by atoms with Crippen LogP contribution in [0.25, 0.3) is 5.78 Å². The average Bonchev–Trinajstić information content (AvgIpc) is 3.20. The van der Waals surface area contributed by atoms with Crippen LogP contribution in [-0.4, -0.2) is 38.5 Å². The highest BCUT2D eigenvalue weighted by atomic mass is 32.2. The van der Waals surface area contributed by atoms with Crippen molar-refractivity contribution in [1.82, 2.24) is 24.3 Å². The fraction of sp³-hybridized carbons (Fsp3) is 0.150. The van der Waals surface area contributed by atoms with E-state index in [1.165, 1.54) is 30.7 Å². The van der Waals surface area contributed by atoms with Gasteiger partial charge in [-0.1, -0.05) is 12.1 Å². The molecule has 29 heavy (non-hydrogen) atoms. The molecule has 0 aliphatic carbocycles. The summed E-state index contributed by atoms with van der Waals surface area (Å²) in [6, 6.07) is 6.47. The number of benzene rings is 1. The zero-order chi connectivity index (χ0) is 20.4. The molecule has 9 heteroatoms. The van der Waals surface area contributed by atoms with Crippen LogP contribution in [0.1, 0.15) is 28.0 Å². The molecule has 0 saturated carbocycles. The minimum Gasteiger partial charge on any atom is -0.294 e. The summed E-state index contributed by atoms with van der Waals surface area (Å²) in [6.45, 7) is 1.69. The first kappa shape index (κ1) is 18.9. The number of nitrogens with zero attached hydrogens (tertiary/aromatic N) is 5. The van der Waals surface area contributed by atoms with Gasteiger partial charge < -0.3 is 0 Å². The van der Waals surface area contributed by atoms with Crippen molar-refractivity contribution >= 4 is 21.4 Å². The summed E-state index contributed by atoms with van der Waals surface area (Å²) < 4.78 is 27.0. The molecule has 0 fully saturated rings. The Morgan fingerprint density at radius 1 is 1.07 bits per heavy atom. The number of imidazole rings is 1. The second kappa shape index (κ2) is 7.51. The highest BCUT2D eigenvalue weighted by molar-refractivity contribution is 7.91. The molecule has 0 N–H and O–H groups in total. The zero-order valence-electron chi connectivity index (χ0n) is 15.6. The van der Waals surface area contributed by atoms with Crippen LogP contribution in [0.3, 0.4) is 0 Å². The minimum atomic E-state index is -3.73. The number of hydrogen-bond donors (Lipinski definition) is 0. The third-order valence-electron chi connectivity index (χ3n) is 4.45. The third-order valence-corrected chi connectivity index (χ3v) is 6.09. The van der Waals surface area contributed by atoms with Crippen LogP contribution in [0.15, 0.2) is 71.4 Å². The summed E-state index contributed by atoms with van der Waals surface area (Å²) in [5, 5.41) is -0.0807. The fourth-order valence-corrected chi connectivity index (χ4v) is 4.09. The van der Waals surface area contributed by atoms with Crippen LogP contribution >= 0.6 is 0 Å². The van der Waals surface area contributed by atoms with Crippen molar-refractivity contribution in [2.45, 2.75) is 29.7 Å². The lowest BCUT2D eigenvalue weighted by atomic mass is 10.0. The second-order valence-electron chi connectivity index (χ2n) is 6.55. The predicted molar refractivity (Wildman–Crippen MR) is 104 cm³/mol. The van der Waals surface area contributed by atoms with Gasteiger partial charge in [-0.3, -0.25) is 14.2 Å². The largest absolute Gasteiger partial charge is 0.294 e. The number of carbonyl (C=O) groups excluding carboxylic acids is 1. The Morgan fingerprint density at radius 2 is 1.86 bits per heavy atom. The van der Waals surface area contributed by atoms with Crippen LogP contribution in [0.5, 0.6) is 0 Å². The number of sulfone groups is 1. The Morgan fingerprint density at radius 3 is 2.62 bits per heavy atom. The van der Waals surface area contributed by atoms with Crippen LogP contribution < -0.4 is 0 Å². The molecule has 0 aliphatic heterocycles. The summed E-state index contributed by atoms with van der Waals surface area (Å²) in [6.07, 6.45) is 10.1. The normalized spacial score (nSPS) is 11.6. The third kappa shape index (κ3) is 3.90. The molecule has 3 heterocycles. The maximum absolute atomic E-state index is 12.7. The van der Waals surface area contributed by atoms with E-state index in [2.05, 4.69) is 19.9 Å². The van der Waals surface area contributed by atoms with E-state index < -0.39 is 9.84 Å². The van der Waals surface area contributed by atoms with E-state index in [9.17, 15) is 13.2 Å². The maximum atomic E-state index is 12.7. The molecular weight excluding hydrogens is 390 g/mol. The number of Topliss-reactive ketones (excluding diaryl/α,β-unsaturated/α-hetero) is 1. The van der Waals surface area contributed by atoms with Crippen molar-refractivity contribution in [2.24, 2.45) is 0 Å². The molecule has 0 amide bonds. The van der Waals surface area contributed by atoms with Gasteiger partial charge in [0, 0.05) is 37.4 Å². The van der Waals surface area contributed by atoms with E-state index in [0.717, 1.165) is 5.56 Å². The Balaban J connectivity index is 1.46. The van der Waals surface area contributed by atoms with Crippen molar-refractivity contribution in [1.29, 1.82) is 0 Å². The van der Waals surface area contributed by atoms with Gasteiger partial charge in [-0.05, 0) is 31.0 Å². The predicted octanol–water partition coefficient (Wildman–Crippen LogP) is 2.48. The summed E-state index contributed by atoms with van der Waals surface area (Å²) in [4.78, 5) is 28.7. The topological polar surface area (TPSA) is 107 Å². The summed E-state index contributed by atoms with van der Waals surface area (Å²) in [5.74, 6) is 0.497. The van der Waals surface area contributed by atoms with Gasteiger partial charge in [0.25, 0.3) is 0 Å². The molecule has 146 valence electrons. The van der Waals surface area contributed by atoms with E-state index in [-0.39, 0.29) is 22.1 Å². The minimum absolute atomic E-state index is 0.0418. The highest BCUT2D eigenvalue weighted by Crippen LogP contribution is 2.20. The first-order valence-electron chi connectivity index (χ1n) is 8.88. The van der Waals surface area contributed by atoms with E-state index in [1.54, 1.807) is 42.0 Å². The Kier molecular flexibility index (Phi) is 4.89. The lowest BCUT2D eigenvalue weighted by Gasteiger charge is -2.06. The zero-order valence-corrected chi connectivity index (χ0v) is 16.4. The smallest absolute Gasteiger partial charge is 0.233 e. The first-order chi connectivity index (χ1) is 13.9. The number of rotatable bonds is 6. The number of fused-ring (bicyclic) bond motifs is 1. The molecule has 0 unspecified atom stereocenters. The standard InChI is InChI=1S/C20H17N5O3S/c1-14-10-21-12-19(24-14)29(27,28)17-5-2-15(3-6-17)4-7-18(26)16-11-23-20-22-8-9-25(20)13-16/h2-3,5-6,8-13H,4,7H2,1H3. The molecule has 3 aromatic heterocycles. The quantitative estimate of drug-likeness (QED) is 0.452.